The lowest BCUT2D eigenvalue weighted by molar-refractivity contribution is 0.212. The first-order chi connectivity index (χ1) is 6.31. The van der Waals surface area contributed by atoms with Crippen LogP contribution in [0.5, 0.6) is 0 Å². The van der Waals surface area contributed by atoms with E-state index in [-0.39, 0.29) is 0 Å². The van der Waals surface area contributed by atoms with Crippen LogP contribution in [0.3, 0.4) is 0 Å². The minimum atomic E-state index is 1.02. The van der Waals surface area contributed by atoms with Crippen LogP contribution in [0.4, 0.5) is 0 Å². The zero-order valence-corrected chi connectivity index (χ0v) is 8.65. The fourth-order valence-electron chi connectivity index (χ4n) is 1.60. The third kappa shape index (κ3) is 1.58. The molecule has 0 bridgehead atoms. The summed E-state index contributed by atoms with van der Waals surface area (Å²) in [5, 5.41) is 5.15. The Morgan fingerprint density at radius 2 is 2.31 bits per heavy atom. The van der Waals surface area contributed by atoms with E-state index in [9.17, 15) is 0 Å². The van der Waals surface area contributed by atoms with Crippen LogP contribution in [0.2, 0.25) is 0 Å². The van der Waals surface area contributed by atoms with Gasteiger partial charge in [-0.2, -0.15) is 0 Å². The first-order valence-electron chi connectivity index (χ1n) is 4.38. The van der Waals surface area contributed by atoms with Crippen molar-refractivity contribution < 1.29 is 4.84 Å². The van der Waals surface area contributed by atoms with E-state index >= 15 is 0 Å². The van der Waals surface area contributed by atoms with Gasteiger partial charge in [-0.15, -0.1) is 11.3 Å². The highest BCUT2D eigenvalue weighted by Crippen LogP contribution is 2.26. The van der Waals surface area contributed by atoms with E-state index in [4.69, 9.17) is 4.84 Å². The maximum absolute atomic E-state index is 4.81. The van der Waals surface area contributed by atoms with Gasteiger partial charge in [0.15, 0.2) is 0 Å². The molecule has 1 heterocycles. The first kappa shape index (κ1) is 8.69. The van der Waals surface area contributed by atoms with Crippen molar-refractivity contribution in [3.05, 3.63) is 15.6 Å². The summed E-state index contributed by atoms with van der Waals surface area (Å²) >= 11 is 1.72. The van der Waals surface area contributed by atoms with Crippen LogP contribution in [0.25, 0.3) is 0 Å². The van der Waals surface area contributed by atoms with E-state index in [2.05, 4.69) is 10.1 Å². The van der Waals surface area contributed by atoms with Crippen LogP contribution in [0.15, 0.2) is 5.16 Å². The minimum Gasteiger partial charge on any atom is -0.399 e. The summed E-state index contributed by atoms with van der Waals surface area (Å²) in [6, 6.07) is 0. The zero-order chi connectivity index (χ0) is 9.26. The Morgan fingerprint density at radius 3 is 3.08 bits per heavy atom. The Morgan fingerprint density at radius 1 is 1.46 bits per heavy atom. The third-order valence-electron chi connectivity index (χ3n) is 2.10. The van der Waals surface area contributed by atoms with Gasteiger partial charge in [0.1, 0.15) is 7.11 Å². The predicted octanol–water partition coefficient (Wildman–Crippen LogP) is 2.14. The van der Waals surface area contributed by atoms with E-state index in [0.29, 0.717) is 0 Å². The lowest BCUT2D eigenvalue weighted by atomic mass is 10.0. The van der Waals surface area contributed by atoms with Crippen molar-refractivity contribution in [3.8, 4) is 0 Å². The summed E-state index contributed by atoms with van der Waals surface area (Å²) in [7, 11) is 1.59. The maximum atomic E-state index is 4.81. The number of oxime groups is 1. The van der Waals surface area contributed by atoms with Gasteiger partial charge in [0, 0.05) is 0 Å². The predicted molar refractivity (Wildman–Crippen MR) is 53.3 cm³/mol. The monoisotopic (exact) mass is 196 g/mol. The van der Waals surface area contributed by atoms with Gasteiger partial charge in [-0.25, -0.2) is 4.98 Å². The van der Waals surface area contributed by atoms with Crippen molar-refractivity contribution in [2.75, 3.05) is 7.11 Å². The fourth-order valence-corrected chi connectivity index (χ4v) is 2.57. The number of fused-ring (bicyclic) bond motifs is 1. The lowest BCUT2D eigenvalue weighted by Crippen LogP contribution is -2.09. The molecule has 1 aromatic rings. The van der Waals surface area contributed by atoms with Gasteiger partial charge in [-0.1, -0.05) is 5.16 Å². The van der Waals surface area contributed by atoms with Crippen molar-refractivity contribution in [3.63, 3.8) is 0 Å². The quantitative estimate of drug-likeness (QED) is 0.645. The third-order valence-corrected chi connectivity index (χ3v) is 3.16. The molecule has 70 valence electrons. The van der Waals surface area contributed by atoms with Gasteiger partial charge < -0.3 is 4.84 Å². The molecule has 13 heavy (non-hydrogen) atoms. The summed E-state index contributed by atoms with van der Waals surface area (Å²) < 4.78 is 0. The largest absolute Gasteiger partial charge is 0.399 e. The van der Waals surface area contributed by atoms with E-state index in [1.165, 1.54) is 10.6 Å². The van der Waals surface area contributed by atoms with Gasteiger partial charge >= 0.3 is 0 Å². The van der Waals surface area contributed by atoms with Crippen LogP contribution in [-0.4, -0.2) is 17.8 Å². The lowest BCUT2D eigenvalue weighted by Gasteiger charge is -2.10. The van der Waals surface area contributed by atoms with Gasteiger partial charge in [-0.3, -0.25) is 0 Å². The fraction of sp³-hybridized carbons (Fsp3) is 0.556. The molecule has 0 radical (unpaired) electrons. The summed E-state index contributed by atoms with van der Waals surface area (Å²) in [5.74, 6) is 0. The Kier molecular flexibility index (Phi) is 2.31. The van der Waals surface area contributed by atoms with Crippen LogP contribution in [-0.2, 0) is 11.3 Å². The molecule has 2 rings (SSSR count). The number of aryl methyl sites for hydroxylation is 2. The highest BCUT2D eigenvalue weighted by atomic mass is 32.1. The molecule has 0 aliphatic heterocycles. The summed E-state index contributed by atoms with van der Waals surface area (Å²) in [6.07, 6.45) is 3.24. The van der Waals surface area contributed by atoms with E-state index in [0.717, 1.165) is 30.0 Å². The number of thiazole rings is 1. The average molecular weight is 196 g/mol. The highest BCUT2D eigenvalue weighted by Gasteiger charge is 2.19. The SMILES string of the molecule is CO/N=C1\CCCc2nc(C)sc21. The Hall–Kier alpha value is -0.900. The van der Waals surface area contributed by atoms with Crippen molar-refractivity contribution >= 4 is 17.0 Å². The molecule has 0 aromatic carbocycles. The molecule has 0 amide bonds. The Labute approximate surface area is 81.4 Å². The molecular formula is C9H12N2OS. The number of aromatic nitrogens is 1. The molecule has 0 fully saturated rings. The Balaban J connectivity index is 2.42. The first-order valence-corrected chi connectivity index (χ1v) is 5.19. The van der Waals surface area contributed by atoms with Gasteiger partial charge in [0.05, 0.1) is 21.3 Å². The molecule has 3 nitrogen and oxygen atoms in total. The molecule has 0 saturated carbocycles. The van der Waals surface area contributed by atoms with E-state index < -0.39 is 0 Å². The summed E-state index contributed by atoms with van der Waals surface area (Å²) in [5.41, 5.74) is 2.26. The topological polar surface area (TPSA) is 34.5 Å². The van der Waals surface area contributed by atoms with Gasteiger partial charge in [-0.05, 0) is 26.2 Å². The van der Waals surface area contributed by atoms with E-state index in [1.54, 1.807) is 18.4 Å². The van der Waals surface area contributed by atoms with Crippen molar-refractivity contribution in [2.24, 2.45) is 5.16 Å². The van der Waals surface area contributed by atoms with Crippen LogP contribution < -0.4 is 0 Å². The molecule has 0 unspecified atom stereocenters. The van der Waals surface area contributed by atoms with Gasteiger partial charge in [0.2, 0.25) is 0 Å². The molecule has 1 aromatic heterocycles. The summed E-state index contributed by atoms with van der Waals surface area (Å²) in [6.45, 7) is 2.04. The maximum Gasteiger partial charge on any atom is 0.106 e. The van der Waals surface area contributed by atoms with E-state index in [1.807, 2.05) is 6.92 Å². The molecule has 0 spiro atoms. The number of rotatable bonds is 1. The van der Waals surface area contributed by atoms with Crippen molar-refractivity contribution in [2.45, 2.75) is 26.2 Å². The van der Waals surface area contributed by atoms with Gasteiger partial charge in [0.25, 0.3) is 0 Å². The Bertz CT molecular complexity index is 343. The number of hydrogen-bond donors (Lipinski definition) is 0. The second kappa shape index (κ2) is 3.46. The van der Waals surface area contributed by atoms with Crippen molar-refractivity contribution in [1.29, 1.82) is 0 Å². The molecule has 0 atom stereocenters. The van der Waals surface area contributed by atoms with Crippen molar-refractivity contribution in [1.82, 2.24) is 4.98 Å². The number of nitrogens with zero attached hydrogens (tertiary/aromatic N) is 2. The smallest absolute Gasteiger partial charge is 0.106 e. The molecule has 0 N–H and O–H groups in total. The standard InChI is InChI=1S/C9H12N2OS/c1-6-10-7-4-3-5-8(11-12-2)9(7)13-6/h3-5H2,1-2H3/b11-8+. The molecule has 1 aliphatic carbocycles. The molecular weight excluding hydrogens is 184 g/mol. The summed E-state index contributed by atoms with van der Waals surface area (Å²) in [4.78, 5) is 10.5. The molecule has 4 heteroatoms. The van der Waals surface area contributed by atoms with Crippen LogP contribution in [0.1, 0.15) is 28.4 Å². The minimum absolute atomic E-state index is 1.02. The van der Waals surface area contributed by atoms with Crippen LogP contribution >= 0.6 is 11.3 Å². The second-order valence-corrected chi connectivity index (χ2v) is 4.29. The average Bonchev–Trinajstić information content (AvgIpc) is 2.47. The highest BCUT2D eigenvalue weighted by molar-refractivity contribution is 7.13. The van der Waals surface area contributed by atoms with Crippen LogP contribution in [0, 0.1) is 6.92 Å². The number of hydrogen-bond acceptors (Lipinski definition) is 4. The molecule has 1 aliphatic rings. The second-order valence-electron chi connectivity index (χ2n) is 3.08. The zero-order valence-electron chi connectivity index (χ0n) is 7.83. The normalized spacial score (nSPS) is 18.8. The molecule has 0 saturated heterocycles.